The van der Waals surface area contributed by atoms with E-state index in [0.29, 0.717) is 18.0 Å². The third-order valence-corrected chi connectivity index (χ3v) is 2.29. The molecule has 0 aliphatic heterocycles. The van der Waals surface area contributed by atoms with Crippen molar-refractivity contribution < 1.29 is 4.74 Å². The van der Waals surface area contributed by atoms with Crippen molar-refractivity contribution in [3.8, 4) is 0 Å². The first-order valence-corrected chi connectivity index (χ1v) is 5.37. The number of ether oxygens (including phenoxy) is 1. The second-order valence-corrected chi connectivity index (χ2v) is 4.64. The van der Waals surface area contributed by atoms with Crippen molar-refractivity contribution in [2.45, 2.75) is 32.9 Å². The Morgan fingerprint density at radius 1 is 1.21 bits per heavy atom. The van der Waals surface area contributed by atoms with Gasteiger partial charge in [0.1, 0.15) is 0 Å². The normalized spacial score (nSPS) is 16.3. The second-order valence-electron chi connectivity index (χ2n) is 4.64. The van der Waals surface area contributed by atoms with Crippen LogP contribution >= 0.6 is 0 Å². The molecule has 3 nitrogen and oxygen atoms in total. The quantitative estimate of drug-likeness (QED) is 0.671. The molecule has 0 aromatic carbocycles. The van der Waals surface area contributed by atoms with Crippen LogP contribution in [-0.4, -0.2) is 51.3 Å². The summed E-state index contributed by atoms with van der Waals surface area (Å²) in [7, 11) is 5.95. The van der Waals surface area contributed by atoms with Crippen molar-refractivity contribution in [3.05, 3.63) is 0 Å². The van der Waals surface area contributed by atoms with Crippen LogP contribution < -0.4 is 5.32 Å². The number of likely N-dealkylation sites (N-methyl/N-ethyl adjacent to an activating group) is 1. The molecule has 1 N–H and O–H groups in total. The predicted octanol–water partition coefficient (Wildman–Crippen LogP) is 1.20. The molecule has 0 bridgehead atoms. The van der Waals surface area contributed by atoms with Crippen LogP contribution in [0.4, 0.5) is 0 Å². The fourth-order valence-electron chi connectivity index (χ4n) is 1.58. The summed E-state index contributed by atoms with van der Waals surface area (Å²) in [6.07, 6.45) is 0. The van der Waals surface area contributed by atoms with E-state index in [0.717, 1.165) is 13.2 Å². The van der Waals surface area contributed by atoms with E-state index in [1.54, 1.807) is 7.11 Å². The highest BCUT2D eigenvalue weighted by atomic mass is 16.5. The van der Waals surface area contributed by atoms with Crippen LogP contribution in [0.3, 0.4) is 0 Å². The van der Waals surface area contributed by atoms with Gasteiger partial charge < -0.3 is 15.0 Å². The van der Waals surface area contributed by atoms with Gasteiger partial charge in [-0.1, -0.05) is 13.8 Å². The summed E-state index contributed by atoms with van der Waals surface area (Å²) in [5.74, 6) is 0.611. The van der Waals surface area contributed by atoms with Gasteiger partial charge in [-0.05, 0) is 26.9 Å². The molecule has 2 atom stereocenters. The van der Waals surface area contributed by atoms with Gasteiger partial charge in [-0.2, -0.15) is 0 Å². The Kier molecular flexibility index (Phi) is 7.15. The van der Waals surface area contributed by atoms with Crippen molar-refractivity contribution in [1.29, 1.82) is 0 Å². The van der Waals surface area contributed by atoms with Gasteiger partial charge in [-0.25, -0.2) is 0 Å². The molecule has 0 aromatic rings. The summed E-state index contributed by atoms with van der Waals surface area (Å²) in [4.78, 5) is 2.20. The number of rotatable bonds is 7. The highest BCUT2D eigenvalue weighted by Gasteiger charge is 2.15. The summed E-state index contributed by atoms with van der Waals surface area (Å²) in [5.41, 5.74) is 0. The maximum Gasteiger partial charge on any atom is 0.0618 e. The molecule has 0 saturated heterocycles. The maximum absolute atomic E-state index is 5.20. The second kappa shape index (κ2) is 7.21. The average Bonchev–Trinajstić information content (AvgIpc) is 2.01. The molecule has 0 amide bonds. The molecule has 0 aromatic heterocycles. The highest BCUT2D eigenvalue weighted by molar-refractivity contribution is 4.75. The van der Waals surface area contributed by atoms with Gasteiger partial charge in [0.05, 0.1) is 6.61 Å². The van der Waals surface area contributed by atoms with Gasteiger partial charge in [0.25, 0.3) is 0 Å². The van der Waals surface area contributed by atoms with Crippen LogP contribution in [0.15, 0.2) is 0 Å². The number of hydrogen-bond donors (Lipinski definition) is 1. The largest absolute Gasteiger partial charge is 0.383 e. The molecular formula is C11H26N2O. The van der Waals surface area contributed by atoms with Gasteiger partial charge in [0, 0.05) is 25.7 Å². The molecule has 0 rings (SSSR count). The first-order valence-electron chi connectivity index (χ1n) is 5.37. The first-order chi connectivity index (χ1) is 6.47. The molecule has 14 heavy (non-hydrogen) atoms. The smallest absolute Gasteiger partial charge is 0.0618 e. The lowest BCUT2D eigenvalue weighted by molar-refractivity contribution is 0.138. The van der Waals surface area contributed by atoms with Crippen LogP contribution in [0.5, 0.6) is 0 Å². The Morgan fingerprint density at radius 2 is 1.79 bits per heavy atom. The number of methoxy groups -OCH3 is 1. The molecule has 0 aliphatic carbocycles. The molecule has 0 radical (unpaired) electrons. The van der Waals surface area contributed by atoms with Crippen LogP contribution in [0.25, 0.3) is 0 Å². The van der Waals surface area contributed by atoms with Crippen molar-refractivity contribution in [2.24, 2.45) is 5.92 Å². The minimum absolute atomic E-state index is 0.454. The summed E-state index contributed by atoms with van der Waals surface area (Å²) < 4.78 is 5.20. The van der Waals surface area contributed by atoms with E-state index < -0.39 is 0 Å². The van der Waals surface area contributed by atoms with Crippen LogP contribution in [0.1, 0.15) is 20.8 Å². The molecule has 86 valence electrons. The Labute approximate surface area is 88.8 Å². The van der Waals surface area contributed by atoms with Gasteiger partial charge in [0.15, 0.2) is 0 Å². The summed E-state index contributed by atoms with van der Waals surface area (Å²) in [6.45, 7) is 8.51. The molecule has 0 heterocycles. The third-order valence-electron chi connectivity index (χ3n) is 2.29. The third kappa shape index (κ3) is 6.35. The predicted molar refractivity (Wildman–Crippen MR) is 61.7 cm³/mol. The zero-order chi connectivity index (χ0) is 11.1. The number of nitrogens with zero attached hydrogens (tertiary/aromatic N) is 1. The molecule has 0 saturated carbocycles. The Hall–Kier alpha value is -0.120. The van der Waals surface area contributed by atoms with E-state index in [2.05, 4.69) is 45.1 Å². The van der Waals surface area contributed by atoms with E-state index in [-0.39, 0.29) is 0 Å². The Morgan fingerprint density at radius 3 is 2.14 bits per heavy atom. The Balaban J connectivity index is 3.89. The fraction of sp³-hybridized carbons (Fsp3) is 1.00. The van der Waals surface area contributed by atoms with E-state index in [1.807, 2.05) is 0 Å². The molecule has 0 fully saturated rings. The van der Waals surface area contributed by atoms with Crippen LogP contribution in [0.2, 0.25) is 0 Å². The minimum Gasteiger partial charge on any atom is -0.383 e. The van der Waals surface area contributed by atoms with Crippen molar-refractivity contribution >= 4 is 0 Å². The molecular weight excluding hydrogens is 176 g/mol. The number of hydrogen-bond acceptors (Lipinski definition) is 3. The van der Waals surface area contributed by atoms with E-state index in [1.165, 1.54) is 0 Å². The van der Waals surface area contributed by atoms with E-state index in [4.69, 9.17) is 4.74 Å². The van der Waals surface area contributed by atoms with Gasteiger partial charge >= 0.3 is 0 Å². The lowest BCUT2D eigenvalue weighted by Crippen LogP contribution is -2.46. The zero-order valence-electron chi connectivity index (χ0n) is 10.5. The van der Waals surface area contributed by atoms with Gasteiger partial charge in [-0.3, -0.25) is 0 Å². The van der Waals surface area contributed by atoms with Crippen molar-refractivity contribution in [1.82, 2.24) is 10.2 Å². The highest BCUT2D eigenvalue weighted by Crippen LogP contribution is 2.03. The van der Waals surface area contributed by atoms with Gasteiger partial charge in [-0.15, -0.1) is 0 Å². The van der Waals surface area contributed by atoms with Gasteiger partial charge in [0.2, 0.25) is 0 Å². The fourth-order valence-corrected chi connectivity index (χ4v) is 1.58. The first kappa shape index (κ1) is 13.9. The van der Waals surface area contributed by atoms with Crippen molar-refractivity contribution in [2.75, 3.05) is 34.4 Å². The Bertz CT molecular complexity index is 137. The minimum atomic E-state index is 0.454. The molecule has 0 spiro atoms. The average molecular weight is 202 g/mol. The summed E-state index contributed by atoms with van der Waals surface area (Å²) in [5, 5.41) is 3.58. The zero-order valence-corrected chi connectivity index (χ0v) is 10.5. The molecule has 2 unspecified atom stereocenters. The summed E-state index contributed by atoms with van der Waals surface area (Å²) >= 11 is 0. The monoisotopic (exact) mass is 202 g/mol. The lowest BCUT2D eigenvalue weighted by Gasteiger charge is -2.27. The van der Waals surface area contributed by atoms with Crippen LogP contribution in [-0.2, 0) is 4.74 Å². The van der Waals surface area contributed by atoms with Crippen LogP contribution in [0, 0.1) is 5.92 Å². The molecule has 3 heteroatoms. The number of nitrogens with one attached hydrogen (secondary N) is 1. The topological polar surface area (TPSA) is 24.5 Å². The van der Waals surface area contributed by atoms with E-state index in [9.17, 15) is 0 Å². The maximum atomic E-state index is 5.20. The lowest BCUT2D eigenvalue weighted by atomic mass is 10.0. The van der Waals surface area contributed by atoms with Crippen molar-refractivity contribution in [3.63, 3.8) is 0 Å². The van der Waals surface area contributed by atoms with E-state index >= 15 is 0 Å². The summed E-state index contributed by atoms with van der Waals surface area (Å²) in [6, 6.07) is 0.961. The standard InChI is InChI=1S/C11H26N2O/c1-9(2)11(8-14-6)12-10(3)7-13(4)5/h9-12H,7-8H2,1-6H3. The molecule has 0 aliphatic rings. The SMILES string of the molecule is COCC(NC(C)CN(C)C)C(C)C.